The summed E-state index contributed by atoms with van der Waals surface area (Å²) in [6.07, 6.45) is 1.41. The summed E-state index contributed by atoms with van der Waals surface area (Å²) in [5.41, 5.74) is 0. The van der Waals surface area contributed by atoms with E-state index >= 15 is 0 Å². The summed E-state index contributed by atoms with van der Waals surface area (Å²) in [5.74, 6) is -0.0998. The van der Waals surface area contributed by atoms with Crippen molar-refractivity contribution < 1.29 is 19.1 Å². The van der Waals surface area contributed by atoms with Gasteiger partial charge in [0, 0.05) is 0 Å². The van der Waals surface area contributed by atoms with Crippen molar-refractivity contribution >= 4 is 11.9 Å². The fourth-order valence-electron chi connectivity index (χ4n) is 1.24. The molecule has 20 heavy (non-hydrogen) atoms. The first-order chi connectivity index (χ1) is 9.29. The van der Waals surface area contributed by atoms with Crippen molar-refractivity contribution in [3.05, 3.63) is 0 Å². The van der Waals surface area contributed by atoms with E-state index in [2.05, 4.69) is 20.8 Å². The Balaban J connectivity index is 0. The van der Waals surface area contributed by atoms with Gasteiger partial charge in [-0.1, -0.05) is 41.0 Å². The molecule has 4 nitrogen and oxygen atoms in total. The molecule has 0 aliphatic carbocycles. The number of carbonyl (C=O) groups excluding carboxylic acids is 2. The lowest BCUT2D eigenvalue weighted by atomic mass is 9.93. The third-order valence-electron chi connectivity index (χ3n) is 2.90. The van der Waals surface area contributed by atoms with Crippen LogP contribution in [0.2, 0.25) is 0 Å². The van der Waals surface area contributed by atoms with E-state index in [4.69, 9.17) is 9.47 Å². The fraction of sp³-hybridized carbons (Fsp3) is 0.875. The van der Waals surface area contributed by atoms with Gasteiger partial charge in [-0.05, 0) is 25.7 Å². The zero-order valence-corrected chi connectivity index (χ0v) is 14.2. The molecule has 120 valence electrons. The fourth-order valence-corrected chi connectivity index (χ4v) is 1.24. The highest BCUT2D eigenvalue weighted by atomic mass is 16.5. The maximum atomic E-state index is 11.5. The molecular weight excluding hydrogens is 256 g/mol. The molecule has 0 bridgehead atoms. The first-order valence-corrected chi connectivity index (χ1v) is 7.62. The second-order valence-corrected chi connectivity index (χ2v) is 5.41. The van der Waals surface area contributed by atoms with Gasteiger partial charge in [0.2, 0.25) is 0 Å². The van der Waals surface area contributed by atoms with Crippen LogP contribution in [-0.4, -0.2) is 25.2 Å². The molecule has 1 atom stereocenters. The maximum absolute atomic E-state index is 11.5. The molecule has 0 N–H and O–H groups in total. The third kappa shape index (κ3) is 12.0. The number of hydrogen-bond acceptors (Lipinski definition) is 4. The van der Waals surface area contributed by atoms with Crippen molar-refractivity contribution in [1.29, 1.82) is 0 Å². The van der Waals surface area contributed by atoms with Crippen LogP contribution in [0.5, 0.6) is 0 Å². The van der Waals surface area contributed by atoms with E-state index in [-0.39, 0.29) is 24.3 Å². The minimum atomic E-state index is -0.399. The Bertz CT molecular complexity index is 259. The van der Waals surface area contributed by atoms with Gasteiger partial charge in [0.25, 0.3) is 0 Å². The van der Waals surface area contributed by atoms with Crippen LogP contribution in [-0.2, 0) is 19.1 Å². The Morgan fingerprint density at radius 3 is 1.65 bits per heavy atom. The zero-order valence-electron chi connectivity index (χ0n) is 14.2. The molecule has 0 rings (SSSR count). The van der Waals surface area contributed by atoms with Crippen LogP contribution in [0.3, 0.4) is 0 Å². The molecule has 0 aromatic heterocycles. The molecule has 0 aromatic rings. The van der Waals surface area contributed by atoms with Gasteiger partial charge in [-0.3, -0.25) is 9.59 Å². The summed E-state index contributed by atoms with van der Waals surface area (Å²) in [5, 5.41) is 0. The predicted octanol–water partition coefficient (Wildman–Crippen LogP) is 3.83. The van der Waals surface area contributed by atoms with E-state index in [1.807, 2.05) is 13.8 Å². The average Bonchev–Trinajstić information content (AvgIpc) is 2.36. The Morgan fingerprint density at radius 1 is 0.900 bits per heavy atom. The van der Waals surface area contributed by atoms with E-state index in [1.165, 1.54) is 6.42 Å². The maximum Gasteiger partial charge on any atom is 0.309 e. The van der Waals surface area contributed by atoms with Crippen LogP contribution < -0.4 is 0 Å². The average molecular weight is 288 g/mol. The molecule has 0 heterocycles. The lowest BCUT2D eigenvalue weighted by Gasteiger charge is -2.17. The van der Waals surface area contributed by atoms with Gasteiger partial charge >= 0.3 is 11.9 Å². The van der Waals surface area contributed by atoms with E-state index in [0.29, 0.717) is 13.2 Å². The molecular formula is C16H32O4. The second-order valence-electron chi connectivity index (χ2n) is 5.41. The smallest absolute Gasteiger partial charge is 0.309 e. The first kappa shape index (κ1) is 21.2. The van der Waals surface area contributed by atoms with E-state index in [9.17, 15) is 9.59 Å². The molecule has 0 radical (unpaired) electrons. The Hall–Kier alpha value is -1.06. The lowest BCUT2D eigenvalue weighted by molar-refractivity contribution is -0.156. The van der Waals surface area contributed by atoms with Crippen LogP contribution in [0.1, 0.15) is 61.3 Å². The van der Waals surface area contributed by atoms with Crippen LogP contribution in [0.4, 0.5) is 0 Å². The second kappa shape index (κ2) is 12.9. The number of ether oxygens (including phenoxy) is 2. The number of carbonyl (C=O) groups is 2. The number of hydrogen-bond donors (Lipinski definition) is 0. The summed E-state index contributed by atoms with van der Waals surface area (Å²) in [6, 6.07) is 0. The summed E-state index contributed by atoms with van der Waals surface area (Å²) >= 11 is 0. The quantitative estimate of drug-likeness (QED) is 0.668. The van der Waals surface area contributed by atoms with Gasteiger partial charge in [0.1, 0.15) is 0 Å². The topological polar surface area (TPSA) is 52.6 Å². The van der Waals surface area contributed by atoms with Gasteiger partial charge < -0.3 is 9.47 Å². The molecule has 0 saturated heterocycles. The first-order valence-electron chi connectivity index (χ1n) is 7.62. The monoisotopic (exact) mass is 288 g/mol. The zero-order chi connectivity index (χ0) is 16.1. The molecule has 0 aliphatic rings. The largest absolute Gasteiger partial charge is 0.466 e. The van der Waals surface area contributed by atoms with Crippen LogP contribution in [0, 0.1) is 17.8 Å². The SMILES string of the molecule is CCC(C)C.CCOC(=O)CC(C(=O)OCC)C(C)C. The molecule has 1 unspecified atom stereocenters. The third-order valence-corrected chi connectivity index (χ3v) is 2.90. The summed E-state index contributed by atoms with van der Waals surface area (Å²) in [7, 11) is 0. The van der Waals surface area contributed by atoms with E-state index in [0.717, 1.165) is 5.92 Å². The van der Waals surface area contributed by atoms with Crippen molar-refractivity contribution in [2.24, 2.45) is 17.8 Å². The van der Waals surface area contributed by atoms with Gasteiger partial charge in [0.15, 0.2) is 0 Å². The molecule has 4 heteroatoms. The van der Waals surface area contributed by atoms with Gasteiger partial charge in [-0.25, -0.2) is 0 Å². The predicted molar refractivity (Wildman–Crippen MR) is 81.3 cm³/mol. The van der Waals surface area contributed by atoms with Gasteiger partial charge in [-0.15, -0.1) is 0 Å². The standard InChI is InChI=1S/C11H20O4.C5H12/c1-5-14-10(12)7-9(8(3)4)11(13)15-6-2;1-4-5(2)3/h8-9H,5-7H2,1-4H3;5H,4H2,1-3H3. The molecule has 0 amide bonds. The highest BCUT2D eigenvalue weighted by Gasteiger charge is 2.26. The summed E-state index contributed by atoms with van der Waals surface area (Å²) < 4.78 is 9.70. The van der Waals surface area contributed by atoms with Crippen LogP contribution in [0.25, 0.3) is 0 Å². The van der Waals surface area contributed by atoms with E-state index in [1.54, 1.807) is 13.8 Å². The Labute approximate surface area is 124 Å². The van der Waals surface area contributed by atoms with Gasteiger partial charge in [-0.2, -0.15) is 0 Å². The van der Waals surface area contributed by atoms with E-state index < -0.39 is 5.92 Å². The number of esters is 2. The lowest BCUT2D eigenvalue weighted by Crippen LogP contribution is -2.26. The number of rotatable bonds is 7. The molecule has 0 saturated carbocycles. The van der Waals surface area contributed by atoms with Crippen molar-refractivity contribution in [3.8, 4) is 0 Å². The molecule has 0 spiro atoms. The molecule has 0 aromatic carbocycles. The van der Waals surface area contributed by atoms with Crippen molar-refractivity contribution in [2.45, 2.75) is 61.3 Å². The Kier molecular flexibility index (Phi) is 13.8. The minimum Gasteiger partial charge on any atom is -0.466 e. The summed E-state index contributed by atoms with van der Waals surface area (Å²) in [4.78, 5) is 22.7. The van der Waals surface area contributed by atoms with Crippen LogP contribution >= 0.6 is 0 Å². The highest BCUT2D eigenvalue weighted by molar-refractivity contribution is 5.80. The normalized spacial score (nSPS) is 11.7. The Morgan fingerprint density at radius 2 is 1.35 bits per heavy atom. The van der Waals surface area contributed by atoms with Crippen LogP contribution in [0.15, 0.2) is 0 Å². The highest BCUT2D eigenvalue weighted by Crippen LogP contribution is 2.17. The summed E-state index contributed by atoms with van der Waals surface area (Å²) in [6.45, 7) is 14.6. The van der Waals surface area contributed by atoms with Crippen molar-refractivity contribution in [3.63, 3.8) is 0 Å². The molecule has 0 aliphatic heterocycles. The van der Waals surface area contributed by atoms with Crippen molar-refractivity contribution in [2.75, 3.05) is 13.2 Å². The van der Waals surface area contributed by atoms with Gasteiger partial charge in [0.05, 0.1) is 25.6 Å². The molecule has 0 fully saturated rings. The minimum absolute atomic E-state index is 0.0773. The van der Waals surface area contributed by atoms with Crippen molar-refractivity contribution in [1.82, 2.24) is 0 Å².